The summed E-state index contributed by atoms with van der Waals surface area (Å²) >= 11 is 0. The van der Waals surface area contributed by atoms with Gasteiger partial charge in [0.05, 0.1) is 13.2 Å². The van der Waals surface area contributed by atoms with Crippen molar-refractivity contribution >= 4 is 5.97 Å². The van der Waals surface area contributed by atoms with Gasteiger partial charge in [0.1, 0.15) is 0 Å². The van der Waals surface area contributed by atoms with E-state index in [-0.39, 0.29) is 0 Å². The van der Waals surface area contributed by atoms with E-state index in [1.54, 1.807) is 0 Å². The molecule has 1 aliphatic rings. The van der Waals surface area contributed by atoms with E-state index in [0.717, 1.165) is 31.3 Å². The first-order valence-corrected chi connectivity index (χ1v) is 5.90. The number of allylic oxidation sites excluding steroid dienone is 1. The summed E-state index contributed by atoms with van der Waals surface area (Å²) in [7, 11) is 1.35. The van der Waals surface area contributed by atoms with Gasteiger partial charge in [-0.1, -0.05) is 19.4 Å². The molecule has 16 heavy (non-hydrogen) atoms. The standard InChI is InChI=1S/C13H19NO2/c1-3-13(10-14,12(15)16-2)11-8-6-4-5-7-9-11/h8H,3-7,9H2,1-2H3. The number of rotatable bonds is 3. The third-order valence-electron chi connectivity index (χ3n) is 3.34. The van der Waals surface area contributed by atoms with Crippen LogP contribution in [-0.4, -0.2) is 13.1 Å². The summed E-state index contributed by atoms with van der Waals surface area (Å²) in [5.74, 6) is -0.411. The minimum absolute atomic E-state index is 0.411. The lowest BCUT2D eigenvalue weighted by molar-refractivity contribution is -0.147. The molecule has 0 bridgehead atoms. The highest BCUT2D eigenvalue weighted by atomic mass is 16.5. The second-order valence-corrected chi connectivity index (χ2v) is 4.19. The quantitative estimate of drug-likeness (QED) is 0.543. The lowest BCUT2D eigenvalue weighted by Gasteiger charge is -2.25. The third-order valence-corrected chi connectivity index (χ3v) is 3.34. The highest BCUT2D eigenvalue weighted by Crippen LogP contribution is 2.37. The molecule has 0 heterocycles. The number of hydrogen-bond acceptors (Lipinski definition) is 3. The lowest BCUT2D eigenvalue weighted by atomic mass is 9.77. The molecule has 0 aromatic heterocycles. The van der Waals surface area contributed by atoms with Crippen LogP contribution in [0.5, 0.6) is 0 Å². The van der Waals surface area contributed by atoms with Gasteiger partial charge in [-0.3, -0.25) is 0 Å². The van der Waals surface area contributed by atoms with Crippen molar-refractivity contribution in [2.45, 2.75) is 45.4 Å². The fourth-order valence-electron chi connectivity index (χ4n) is 2.28. The van der Waals surface area contributed by atoms with E-state index in [2.05, 4.69) is 12.1 Å². The molecule has 0 aromatic rings. The molecule has 0 amide bonds. The van der Waals surface area contributed by atoms with Crippen molar-refractivity contribution in [2.24, 2.45) is 5.41 Å². The van der Waals surface area contributed by atoms with Gasteiger partial charge in [0.2, 0.25) is 0 Å². The second kappa shape index (κ2) is 5.69. The van der Waals surface area contributed by atoms with Crippen molar-refractivity contribution in [3.63, 3.8) is 0 Å². The van der Waals surface area contributed by atoms with Crippen molar-refractivity contribution in [1.82, 2.24) is 0 Å². The summed E-state index contributed by atoms with van der Waals surface area (Å²) < 4.78 is 4.79. The average Bonchev–Trinajstić information content (AvgIpc) is 2.60. The van der Waals surface area contributed by atoms with Crippen molar-refractivity contribution in [3.05, 3.63) is 11.6 Å². The summed E-state index contributed by atoms with van der Waals surface area (Å²) in [4.78, 5) is 11.8. The Hall–Kier alpha value is -1.30. The summed E-state index contributed by atoms with van der Waals surface area (Å²) in [6.45, 7) is 1.87. The Balaban J connectivity index is 3.05. The Kier molecular flexibility index (Phi) is 4.54. The second-order valence-electron chi connectivity index (χ2n) is 4.19. The molecule has 1 aliphatic carbocycles. The minimum Gasteiger partial charge on any atom is -0.468 e. The normalized spacial score (nSPS) is 19.9. The molecule has 1 rings (SSSR count). The highest BCUT2D eigenvalue weighted by molar-refractivity contribution is 5.83. The van der Waals surface area contributed by atoms with Crippen molar-refractivity contribution in [3.8, 4) is 6.07 Å². The van der Waals surface area contributed by atoms with Crippen molar-refractivity contribution < 1.29 is 9.53 Å². The highest BCUT2D eigenvalue weighted by Gasteiger charge is 2.41. The van der Waals surface area contributed by atoms with Gasteiger partial charge in [0, 0.05) is 0 Å². The molecule has 0 aliphatic heterocycles. The monoisotopic (exact) mass is 221 g/mol. The van der Waals surface area contributed by atoms with Crippen LogP contribution < -0.4 is 0 Å². The number of nitriles is 1. The summed E-state index contributed by atoms with van der Waals surface area (Å²) in [5.41, 5.74) is -0.0825. The van der Waals surface area contributed by atoms with Crippen LogP contribution in [0.4, 0.5) is 0 Å². The van der Waals surface area contributed by atoms with Gasteiger partial charge in [0.15, 0.2) is 5.41 Å². The molecular formula is C13H19NO2. The maximum Gasteiger partial charge on any atom is 0.330 e. The van der Waals surface area contributed by atoms with E-state index >= 15 is 0 Å². The Bertz CT molecular complexity index is 327. The van der Waals surface area contributed by atoms with Gasteiger partial charge >= 0.3 is 5.97 Å². The van der Waals surface area contributed by atoms with Crippen molar-refractivity contribution in [1.29, 1.82) is 5.26 Å². The number of nitrogens with zero attached hydrogens (tertiary/aromatic N) is 1. The van der Waals surface area contributed by atoms with Crippen LogP contribution in [0.2, 0.25) is 0 Å². The van der Waals surface area contributed by atoms with Gasteiger partial charge < -0.3 is 4.74 Å². The van der Waals surface area contributed by atoms with Crippen LogP contribution in [0.3, 0.4) is 0 Å². The van der Waals surface area contributed by atoms with Crippen LogP contribution in [0, 0.1) is 16.7 Å². The molecule has 0 saturated heterocycles. The fourth-order valence-corrected chi connectivity index (χ4v) is 2.28. The maximum absolute atomic E-state index is 11.8. The molecule has 0 radical (unpaired) electrons. The average molecular weight is 221 g/mol. The van der Waals surface area contributed by atoms with E-state index < -0.39 is 11.4 Å². The molecule has 3 nitrogen and oxygen atoms in total. The number of ether oxygens (including phenoxy) is 1. The number of esters is 1. The van der Waals surface area contributed by atoms with E-state index in [1.807, 2.05) is 6.92 Å². The van der Waals surface area contributed by atoms with Gasteiger partial charge in [-0.25, -0.2) is 4.79 Å². The molecule has 0 aromatic carbocycles. The summed E-state index contributed by atoms with van der Waals surface area (Å²) in [6.07, 6.45) is 7.75. The molecular weight excluding hydrogens is 202 g/mol. The fraction of sp³-hybridized carbons (Fsp3) is 0.692. The molecule has 3 heteroatoms. The minimum atomic E-state index is -1.04. The molecule has 88 valence electrons. The number of carbonyl (C=O) groups is 1. The number of hydrogen-bond donors (Lipinski definition) is 0. The van der Waals surface area contributed by atoms with Crippen LogP contribution >= 0.6 is 0 Å². The zero-order valence-corrected chi connectivity index (χ0v) is 10.1. The first-order chi connectivity index (χ1) is 7.71. The Morgan fingerprint density at radius 1 is 1.56 bits per heavy atom. The molecule has 0 N–H and O–H groups in total. The molecule has 1 unspecified atom stereocenters. The van der Waals surface area contributed by atoms with E-state index in [4.69, 9.17) is 4.74 Å². The number of carbonyl (C=O) groups excluding carboxylic acids is 1. The van der Waals surface area contributed by atoms with Gasteiger partial charge in [-0.2, -0.15) is 5.26 Å². The zero-order valence-electron chi connectivity index (χ0n) is 10.1. The lowest BCUT2D eigenvalue weighted by Crippen LogP contribution is -2.32. The van der Waals surface area contributed by atoms with Crippen molar-refractivity contribution in [2.75, 3.05) is 7.11 Å². The predicted molar refractivity (Wildman–Crippen MR) is 61.5 cm³/mol. The van der Waals surface area contributed by atoms with Gasteiger partial charge in [-0.15, -0.1) is 0 Å². The number of methoxy groups -OCH3 is 1. The SMILES string of the molecule is CCC(C#N)(C(=O)OC)C1=CCCCCC1. The van der Waals surface area contributed by atoms with Crippen LogP contribution in [0.25, 0.3) is 0 Å². The first-order valence-electron chi connectivity index (χ1n) is 5.90. The molecule has 0 spiro atoms. The van der Waals surface area contributed by atoms with E-state index in [1.165, 1.54) is 13.5 Å². The molecule has 0 fully saturated rings. The van der Waals surface area contributed by atoms with Gasteiger partial charge in [0.25, 0.3) is 0 Å². The van der Waals surface area contributed by atoms with E-state index in [9.17, 15) is 10.1 Å². The van der Waals surface area contributed by atoms with Crippen LogP contribution in [0.1, 0.15) is 45.4 Å². The third kappa shape index (κ3) is 2.27. The Labute approximate surface area is 97.1 Å². The Morgan fingerprint density at radius 2 is 2.31 bits per heavy atom. The van der Waals surface area contributed by atoms with Gasteiger partial charge in [-0.05, 0) is 37.7 Å². The zero-order chi connectivity index (χ0) is 12.0. The van der Waals surface area contributed by atoms with Crippen LogP contribution in [0.15, 0.2) is 11.6 Å². The largest absolute Gasteiger partial charge is 0.468 e. The smallest absolute Gasteiger partial charge is 0.330 e. The molecule has 0 saturated carbocycles. The topological polar surface area (TPSA) is 50.1 Å². The summed E-state index contributed by atoms with van der Waals surface area (Å²) in [5, 5.41) is 9.33. The van der Waals surface area contributed by atoms with Crippen LogP contribution in [-0.2, 0) is 9.53 Å². The Morgan fingerprint density at radius 3 is 2.88 bits per heavy atom. The maximum atomic E-state index is 11.8. The first kappa shape index (κ1) is 12.8. The van der Waals surface area contributed by atoms with E-state index in [0.29, 0.717) is 6.42 Å². The predicted octanol–water partition coefficient (Wildman–Crippen LogP) is 2.97. The summed E-state index contributed by atoms with van der Waals surface area (Å²) in [6, 6.07) is 2.17. The molecule has 1 atom stereocenters.